The van der Waals surface area contributed by atoms with Gasteiger partial charge >= 0.3 is 0 Å². The predicted molar refractivity (Wildman–Crippen MR) is 70.4 cm³/mol. The van der Waals surface area contributed by atoms with Crippen molar-refractivity contribution in [1.29, 1.82) is 0 Å². The first-order valence-corrected chi connectivity index (χ1v) is 8.12. The second-order valence-corrected chi connectivity index (χ2v) is 6.99. The molecule has 0 aromatic carbocycles. The summed E-state index contributed by atoms with van der Waals surface area (Å²) in [6.45, 7) is 7.81. The van der Waals surface area contributed by atoms with Crippen LogP contribution in [-0.2, 0) is 10.0 Å². The summed E-state index contributed by atoms with van der Waals surface area (Å²) in [6.07, 6.45) is 3.18. The van der Waals surface area contributed by atoms with Crippen molar-refractivity contribution in [3.63, 3.8) is 0 Å². The Morgan fingerprint density at radius 1 is 1.12 bits per heavy atom. The molecule has 0 atom stereocenters. The molecule has 6 heteroatoms. The highest BCUT2D eigenvalue weighted by Gasteiger charge is 2.28. The molecule has 0 unspecified atom stereocenters. The van der Waals surface area contributed by atoms with E-state index in [4.69, 9.17) is 5.73 Å². The maximum absolute atomic E-state index is 11.4. The van der Waals surface area contributed by atoms with Crippen LogP contribution in [0.4, 0.5) is 0 Å². The van der Waals surface area contributed by atoms with Crippen LogP contribution in [0.3, 0.4) is 0 Å². The number of hydrogen-bond donors (Lipinski definition) is 1. The average molecular weight is 263 g/mol. The van der Waals surface area contributed by atoms with Crippen LogP contribution in [0.15, 0.2) is 0 Å². The van der Waals surface area contributed by atoms with Crippen molar-refractivity contribution < 1.29 is 8.42 Å². The lowest BCUT2D eigenvalue weighted by atomic mass is 9.93. The van der Waals surface area contributed by atoms with E-state index >= 15 is 0 Å². The summed E-state index contributed by atoms with van der Waals surface area (Å²) < 4.78 is 24.3. The zero-order valence-electron chi connectivity index (χ0n) is 11.1. The van der Waals surface area contributed by atoms with Crippen molar-refractivity contribution >= 4 is 10.0 Å². The Bertz CT molecular complexity index is 331. The van der Waals surface area contributed by atoms with E-state index in [-0.39, 0.29) is 5.54 Å². The van der Waals surface area contributed by atoms with E-state index in [0.29, 0.717) is 13.1 Å². The first-order chi connectivity index (χ1) is 7.80. The normalized spacial score (nSPS) is 20.7. The van der Waals surface area contributed by atoms with Gasteiger partial charge in [0.25, 0.3) is 0 Å². The van der Waals surface area contributed by atoms with Crippen LogP contribution in [0.5, 0.6) is 0 Å². The quantitative estimate of drug-likeness (QED) is 0.763. The van der Waals surface area contributed by atoms with Gasteiger partial charge in [0.1, 0.15) is 0 Å². The zero-order chi connectivity index (χ0) is 13.1. The van der Waals surface area contributed by atoms with E-state index in [1.165, 1.54) is 6.26 Å². The van der Waals surface area contributed by atoms with Gasteiger partial charge in [-0.2, -0.15) is 4.31 Å². The fourth-order valence-electron chi connectivity index (χ4n) is 2.14. The molecule has 0 saturated carbocycles. The van der Waals surface area contributed by atoms with Crippen molar-refractivity contribution in [3.8, 4) is 0 Å². The molecule has 17 heavy (non-hydrogen) atoms. The van der Waals surface area contributed by atoms with Crippen LogP contribution in [0.2, 0.25) is 0 Å². The maximum Gasteiger partial charge on any atom is 0.211 e. The Morgan fingerprint density at radius 2 is 1.59 bits per heavy atom. The predicted octanol–water partition coefficient (Wildman–Crippen LogP) is 0.0811. The standard InChI is InChI=1S/C11H25N3O2S/c1-4-11(12,5-2)10-13-6-8-14(9-7-13)17(3,15)16/h4-10,12H2,1-3H3. The molecule has 0 spiro atoms. The first-order valence-electron chi connectivity index (χ1n) is 6.27. The van der Waals surface area contributed by atoms with E-state index in [9.17, 15) is 8.42 Å². The van der Waals surface area contributed by atoms with Crippen molar-refractivity contribution in [2.24, 2.45) is 5.73 Å². The number of sulfonamides is 1. The summed E-state index contributed by atoms with van der Waals surface area (Å²) in [5, 5.41) is 0. The topological polar surface area (TPSA) is 66.6 Å². The molecule has 2 N–H and O–H groups in total. The average Bonchev–Trinajstić information content (AvgIpc) is 2.28. The third kappa shape index (κ3) is 4.21. The molecule has 1 aliphatic heterocycles. The molecule has 0 radical (unpaired) electrons. The van der Waals surface area contributed by atoms with Gasteiger partial charge in [0.05, 0.1) is 6.26 Å². The SMILES string of the molecule is CCC(N)(CC)CN1CCN(S(C)(=O)=O)CC1. The lowest BCUT2D eigenvalue weighted by Crippen LogP contribution is -2.55. The number of nitrogens with two attached hydrogens (primary N) is 1. The molecule has 1 rings (SSSR count). The molecule has 1 heterocycles. The van der Waals surface area contributed by atoms with Gasteiger partial charge < -0.3 is 5.73 Å². The fourth-order valence-corrected chi connectivity index (χ4v) is 2.96. The molecule has 0 amide bonds. The number of hydrogen-bond acceptors (Lipinski definition) is 4. The third-order valence-electron chi connectivity index (χ3n) is 3.75. The monoisotopic (exact) mass is 263 g/mol. The van der Waals surface area contributed by atoms with Gasteiger partial charge in [0.2, 0.25) is 10.0 Å². The van der Waals surface area contributed by atoms with Crippen LogP contribution < -0.4 is 5.73 Å². The van der Waals surface area contributed by atoms with Gasteiger partial charge in [-0.1, -0.05) is 13.8 Å². The van der Waals surface area contributed by atoms with Crippen molar-refractivity contribution in [2.75, 3.05) is 39.0 Å². The van der Waals surface area contributed by atoms with Crippen LogP contribution in [0.1, 0.15) is 26.7 Å². The Kier molecular flexibility index (Phi) is 4.95. The van der Waals surface area contributed by atoms with E-state index < -0.39 is 10.0 Å². The molecule has 5 nitrogen and oxygen atoms in total. The Labute approximate surface area is 105 Å². The molecule has 0 aromatic rings. The van der Waals surface area contributed by atoms with E-state index in [1.807, 2.05) is 0 Å². The minimum absolute atomic E-state index is 0.132. The van der Waals surface area contributed by atoms with Gasteiger partial charge in [-0.3, -0.25) is 4.90 Å². The second kappa shape index (κ2) is 5.65. The smallest absolute Gasteiger partial charge is 0.211 e. The molecular weight excluding hydrogens is 238 g/mol. The van der Waals surface area contributed by atoms with Crippen LogP contribution >= 0.6 is 0 Å². The highest BCUT2D eigenvalue weighted by Crippen LogP contribution is 2.15. The van der Waals surface area contributed by atoms with Crippen LogP contribution in [0.25, 0.3) is 0 Å². The van der Waals surface area contributed by atoms with Crippen molar-refractivity contribution in [2.45, 2.75) is 32.2 Å². The third-order valence-corrected chi connectivity index (χ3v) is 5.05. The number of piperazine rings is 1. The van der Waals surface area contributed by atoms with Crippen molar-refractivity contribution in [3.05, 3.63) is 0 Å². The molecular formula is C11H25N3O2S. The maximum atomic E-state index is 11.4. The minimum atomic E-state index is -3.03. The summed E-state index contributed by atoms with van der Waals surface area (Å²) in [4.78, 5) is 2.27. The largest absolute Gasteiger partial charge is 0.324 e. The molecule has 1 aliphatic rings. The number of rotatable bonds is 5. The summed E-state index contributed by atoms with van der Waals surface area (Å²) >= 11 is 0. The Balaban J connectivity index is 2.48. The fraction of sp³-hybridized carbons (Fsp3) is 1.00. The van der Waals surface area contributed by atoms with Crippen LogP contribution in [-0.4, -0.2) is 62.1 Å². The highest BCUT2D eigenvalue weighted by atomic mass is 32.2. The van der Waals surface area contributed by atoms with Gasteiger partial charge in [0.15, 0.2) is 0 Å². The Hall–Kier alpha value is -0.170. The zero-order valence-corrected chi connectivity index (χ0v) is 12.0. The first kappa shape index (κ1) is 14.9. The Morgan fingerprint density at radius 3 is 1.94 bits per heavy atom. The van der Waals surface area contributed by atoms with Gasteiger partial charge in [-0.05, 0) is 12.8 Å². The van der Waals surface area contributed by atoms with Gasteiger partial charge in [0, 0.05) is 38.3 Å². The highest BCUT2D eigenvalue weighted by molar-refractivity contribution is 7.88. The molecule has 0 aromatic heterocycles. The van der Waals surface area contributed by atoms with E-state index in [0.717, 1.165) is 32.5 Å². The minimum Gasteiger partial charge on any atom is -0.324 e. The lowest BCUT2D eigenvalue weighted by Gasteiger charge is -2.38. The second-order valence-electron chi connectivity index (χ2n) is 5.01. The molecule has 1 fully saturated rings. The summed E-state index contributed by atoms with van der Waals surface area (Å²) in [6, 6.07) is 0. The van der Waals surface area contributed by atoms with Gasteiger partial charge in [-0.25, -0.2) is 8.42 Å². The molecule has 1 saturated heterocycles. The summed E-state index contributed by atoms with van der Waals surface area (Å²) in [5.74, 6) is 0. The molecule has 0 bridgehead atoms. The van der Waals surface area contributed by atoms with E-state index in [1.54, 1.807) is 4.31 Å². The van der Waals surface area contributed by atoms with Crippen LogP contribution in [0, 0.1) is 0 Å². The number of nitrogens with zero attached hydrogens (tertiary/aromatic N) is 2. The molecule has 102 valence electrons. The molecule has 0 aliphatic carbocycles. The summed E-state index contributed by atoms with van der Waals surface area (Å²) in [5.41, 5.74) is 6.14. The van der Waals surface area contributed by atoms with Crippen molar-refractivity contribution in [1.82, 2.24) is 9.21 Å². The van der Waals surface area contributed by atoms with E-state index in [2.05, 4.69) is 18.7 Å². The van der Waals surface area contributed by atoms with Gasteiger partial charge in [-0.15, -0.1) is 0 Å². The summed E-state index contributed by atoms with van der Waals surface area (Å²) in [7, 11) is -3.03. The lowest BCUT2D eigenvalue weighted by molar-refractivity contribution is 0.147.